The standard InChI is InChI=1S/C23H22N4O3/c1-14-4-5-17(10-15(14)2)22-25-23(30-26-22)21-19-12-29-20(11-27(19)13-24-21)16-6-8-18(28-3)9-7-16/h4-10,13,20H,11-12H2,1-3H3/t20-/m1/s1. The van der Waals surface area contributed by atoms with E-state index in [1.165, 1.54) is 11.1 Å². The van der Waals surface area contributed by atoms with Gasteiger partial charge in [0.15, 0.2) is 5.69 Å². The summed E-state index contributed by atoms with van der Waals surface area (Å²) in [6, 6.07) is 14.1. The van der Waals surface area contributed by atoms with Crippen molar-refractivity contribution in [2.45, 2.75) is 33.1 Å². The van der Waals surface area contributed by atoms with Crippen LogP contribution in [0.25, 0.3) is 23.0 Å². The molecule has 7 nitrogen and oxygen atoms in total. The van der Waals surface area contributed by atoms with Crippen molar-refractivity contribution in [1.82, 2.24) is 19.7 Å². The summed E-state index contributed by atoms with van der Waals surface area (Å²) in [6.45, 7) is 5.25. The minimum atomic E-state index is -0.0424. The summed E-state index contributed by atoms with van der Waals surface area (Å²) < 4.78 is 19.0. The fourth-order valence-corrected chi connectivity index (χ4v) is 3.64. The molecule has 0 amide bonds. The molecule has 0 radical (unpaired) electrons. The largest absolute Gasteiger partial charge is 0.497 e. The van der Waals surface area contributed by atoms with Gasteiger partial charge in [-0.05, 0) is 48.7 Å². The van der Waals surface area contributed by atoms with Gasteiger partial charge in [-0.2, -0.15) is 4.98 Å². The van der Waals surface area contributed by atoms with Gasteiger partial charge in [0.2, 0.25) is 5.82 Å². The second-order valence-corrected chi connectivity index (χ2v) is 7.49. The van der Waals surface area contributed by atoms with Crippen molar-refractivity contribution in [2.75, 3.05) is 7.11 Å². The van der Waals surface area contributed by atoms with Gasteiger partial charge in [0.05, 0.1) is 32.3 Å². The van der Waals surface area contributed by atoms with Gasteiger partial charge in [-0.15, -0.1) is 0 Å². The van der Waals surface area contributed by atoms with E-state index in [1.807, 2.05) is 36.7 Å². The Hall–Kier alpha value is -3.45. The summed E-state index contributed by atoms with van der Waals surface area (Å²) in [5.74, 6) is 1.79. The van der Waals surface area contributed by atoms with E-state index >= 15 is 0 Å². The predicted octanol–water partition coefficient (Wildman–Crippen LogP) is 4.50. The molecule has 0 N–H and O–H groups in total. The number of nitrogens with zero attached hydrogens (tertiary/aromatic N) is 4. The molecule has 0 saturated heterocycles. The van der Waals surface area contributed by atoms with Gasteiger partial charge in [-0.3, -0.25) is 0 Å². The molecule has 1 aliphatic rings. The first-order valence-electron chi connectivity index (χ1n) is 9.83. The maximum Gasteiger partial charge on any atom is 0.278 e. The lowest BCUT2D eigenvalue weighted by atomic mass is 10.1. The molecule has 1 aliphatic heterocycles. The van der Waals surface area contributed by atoms with Crippen LogP contribution < -0.4 is 4.74 Å². The van der Waals surface area contributed by atoms with Crippen LogP contribution in [0.2, 0.25) is 0 Å². The summed E-state index contributed by atoms with van der Waals surface area (Å²) in [5, 5.41) is 4.15. The number of methoxy groups -OCH3 is 1. The topological polar surface area (TPSA) is 75.2 Å². The van der Waals surface area contributed by atoms with Crippen molar-refractivity contribution in [2.24, 2.45) is 0 Å². The molecular weight excluding hydrogens is 380 g/mol. The lowest BCUT2D eigenvalue weighted by Crippen LogP contribution is -2.20. The Labute approximate surface area is 174 Å². The predicted molar refractivity (Wildman–Crippen MR) is 111 cm³/mol. The van der Waals surface area contributed by atoms with Gasteiger partial charge >= 0.3 is 0 Å². The zero-order chi connectivity index (χ0) is 20.7. The number of imidazole rings is 1. The molecule has 5 rings (SSSR count). The molecule has 7 heteroatoms. The second-order valence-electron chi connectivity index (χ2n) is 7.49. The van der Waals surface area contributed by atoms with Crippen LogP contribution in [0.4, 0.5) is 0 Å². The van der Waals surface area contributed by atoms with Crippen molar-refractivity contribution in [3.8, 4) is 28.7 Å². The van der Waals surface area contributed by atoms with Crippen LogP contribution in [0.3, 0.4) is 0 Å². The van der Waals surface area contributed by atoms with Gasteiger partial charge in [-0.1, -0.05) is 29.4 Å². The van der Waals surface area contributed by atoms with E-state index in [9.17, 15) is 0 Å². The normalized spacial score (nSPS) is 15.8. The van der Waals surface area contributed by atoms with E-state index in [-0.39, 0.29) is 6.10 Å². The van der Waals surface area contributed by atoms with Crippen LogP contribution in [0, 0.1) is 13.8 Å². The Morgan fingerprint density at radius 3 is 2.67 bits per heavy atom. The van der Waals surface area contributed by atoms with Crippen LogP contribution in [0.15, 0.2) is 53.3 Å². The van der Waals surface area contributed by atoms with Crippen LogP contribution >= 0.6 is 0 Å². The number of benzene rings is 2. The fraction of sp³-hybridized carbons (Fsp3) is 0.261. The average Bonchev–Trinajstić information content (AvgIpc) is 3.42. The van der Waals surface area contributed by atoms with Crippen molar-refractivity contribution >= 4 is 0 Å². The van der Waals surface area contributed by atoms with E-state index in [4.69, 9.17) is 14.0 Å². The Balaban J connectivity index is 1.39. The fourth-order valence-electron chi connectivity index (χ4n) is 3.64. The summed E-state index contributed by atoms with van der Waals surface area (Å²) in [4.78, 5) is 9.10. The molecule has 30 heavy (non-hydrogen) atoms. The third-order valence-electron chi connectivity index (χ3n) is 5.61. The monoisotopic (exact) mass is 402 g/mol. The maximum absolute atomic E-state index is 6.11. The SMILES string of the molecule is COc1ccc([C@H]2Cn3cnc(-c4nc(-c5ccc(C)c(C)c5)no4)c3CO2)cc1. The van der Waals surface area contributed by atoms with Crippen molar-refractivity contribution < 1.29 is 14.0 Å². The van der Waals surface area contributed by atoms with Crippen molar-refractivity contribution in [3.63, 3.8) is 0 Å². The Bertz CT molecular complexity index is 1190. The molecule has 0 fully saturated rings. The summed E-state index contributed by atoms with van der Waals surface area (Å²) in [7, 11) is 1.66. The van der Waals surface area contributed by atoms with Gasteiger partial charge < -0.3 is 18.6 Å². The highest BCUT2D eigenvalue weighted by atomic mass is 16.5. The molecule has 152 valence electrons. The van der Waals surface area contributed by atoms with E-state index in [1.54, 1.807) is 7.11 Å². The zero-order valence-electron chi connectivity index (χ0n) is 17.1. The molecule has 0 bridgehead atoms. The molecule has 2 aromatic carbocycles. The van der Waals surface area contributed by atoms with E-state index in [2.05, 4.69) is 45.7 Å². The number of hydrogen-bond acceptors (Lipinski definition) is 6. The average molecular weight is 402 g/mol. The highest BCUT2D eigenvalue weighted by Gasteiger charge is 2.26. The van der Waals surface area contributed by atoms with Crippen molar-refractivity contribution in [3.05, 3.63) is 71.2 Å². The Kier molecular flexibility index (Phi) is 4.59. The number of aromatic nitrogens is 4. The van der Waals surface area contributed by atoms with Gasteiger partial charge in [0.1, 0.15) is 11.9 Å². The molecule has 3 heterocycles. The first kappa shape index (κ1) is 18.6. The van der Waals surface area contributed by atoms with Crippen LogP contribution in [-0.2, 0) is 17.9 Å². The lowest BCUT2D eigenvalue weighted by molar-refractivity contribution is 0.00328. The molecule has 0 spiro atoms. The van der Waals surface area contributed by atoms with E-state index in [0.29, 0.717) is 30.6 Å². The summed E-state index contributed by atoms with van der Waals surface area (Å²) in [5.41, 5.74) is 6.06. The van der Waals surface area contributed by atoms with Gasteiger partial charge in [-0.25, -0.2) is 4.98 Å². The third kappa shape index (κ3) is 3.27. The maximum atomic E-state index is 6.11. The summed E-state index contributed by atoms with van der Waals surface area (Å²) in [6.07, 6.45) is 1.77. The number of rotatable bonds is 4. The van der Waals surface area contributed by atoms with Crippen LogP contribution in [-0.4, -0.2) is 26.8 Å². The minimum absolute atomic E-state index is 0.0424. The molecule has 1 atom stereocenters. The van der Waals surface area contributed by atoms with Gasteiger partial charge in [0, 0.05) is 5.56 Å². The number of ether oxygens (including phenoxy) is 2. The summed E-state index contributed by atoms with van der Waals surface area (Å²) >= 11 is 0. The highest BCUT2D eigenvalue weighted by Crippen LogP contribution is 2.32. The van der Waals surface area contributed by atoms with E-state index in [0.717, 1.165) is 22.6 Å². The first-order chi connectivity index (χ1) is 14.6. The Morgan fingerprint density at radius 1 is 1.07 bits per heavy atom. The molecule has 4 aromatic rings. The van der Waals surface area contributed by atoms with E-state index < -0.39 is 0 Å². The molecular formula is C23H22N4O3. The lowest BCUT2D eigenvalue weighted by Gasteiger charge is -2.25. The molecule has 0 aliphatic carbocycles. The third-order valence-corrected chi connectivity index (χ3v) is 5.61. The van der Waals surface area contributed by atoms with Crippen LogP contribution in [0.5, 0.6) is 5.75 Å². The zero-order valence-corrected chi connectivity index (χ0v) is 17.1. The smallest absolute Gasteiger partial charge is 0.278 e. The first-order valence-corrected chi connectivity index (χ1v) is 9.83. The number of fused-ring (bicyclic) bond motifs is 1. The van der Waals surface area contributed by atoms with Crippen molar-refractivity contribution in [1.29, 1.82) is 0 Å². The number of aryl methyl sites for hydroxylation is 2. The van der Waals surface area contributed by atoms with Gasteiger partial charge in [0.25, 0.3) is 5.89 Å². The molecule has 0 unspecified atom stereocenters. The number of hydrogen-bond donors (Lipinski definition) is 0. The highest BCUT2D eigenvalue weighted by molar-refractivity contribution is 5.60. The second kappa shape index (κ2) is 7.42. The minimum Gasteiger partial charge on any atom is -0.497 e. The van der Waals surface area contributed by atoms with Crippen LogP contribution in [0.1, 0.15) is 28.5 Å². The molecule has 2 aromatic heterocycles. The Morgan fingerprint density at radius 2 is 1.90 bits per heavy atom. The molecule has 0 saturated carbocycles. The quantitative estimate of drug-likeness (QED) is 0.500.